The molecule has 0 aliphatic carbocycles. The molecular formula is C20H26N4O4. The van der Waals surface area contributed by atoms with Crippen LogP contribution in [0, 0.1) is 0 Å². The molecule has 0 spiro atoms. The van der Waals surface area contributed by atoms with Crippen molar-refractivity contribution in [2.75, 3.05) is 19.6 Å². The van der Waals surface area contributed by atoms with E-state index in [1.165, 1.54) is 4.90 Å². The third-order valence-corrected chi connectivity index (χ3v) is 4.55. The first-order valence-electron chi connectivity index (χ1n) is 9.43. The summed E-state index contributed by atoms with van der Waals surface area (Å²) in [5, 5.41) is 0. The second kappa shape index (κ2) is 7.61. The fraction of sp³-hybridized carbons (Fsp3) is 0.500. The van der Waals surface area contributed by atoms with E-state index in [1.807, 2.05) is 13.0 Å². The van der Waals surface area contributed by atoms with Crippen LogP contribution in [0.3, 0.4) is 0 Å². The van der Waals surface area contributed by atoms with E-state index in [0.29, 0.717) is 37.1 Å². The Morgan fingerprint density at radius 3 is 2.64 bits per heavy atom. The minimum Gasteiger partial charge on any atom is -0.444 e. The van der Waals surface area contributed by atoms with Gasteiger partial charge in [0.25, 0.3) is 5.56 Å². The Morgan fingerprint density at radius 1 is 1.25 bits per heavy atom. The van der Waals surface area contributed by atoms with Gasteiger partial charge in [0.15, 0.2) is 0 Å². The smallest absolute Gasteiger partial charge is 0.410 e. The van der Waals surface area contributed by atoms with Gasteiger partial charge in [-0.25, -0.2) is 4.79 Å². The van der Waals surface area contributed by atoms with Crippen LogP contribution in [-0.2, 0) is 22.5 Å². The summed E-state index contributed by atoms with van der Waals surface area (Å²) < 4.78 is 5.33. The largest absolute Gasteiger partial charge is 0.444 e. The number of rotatable bonds is 3. The lowest BCUT2D eigenvalue weighted by Gasteiger charge is -2.35. The molecule has 8 heteroatoms. The van der Waals surface area contributed by atoms with Gasteiger partial charge in [-0.1, -0.05) is 6.92 Å². The number of nitrogens with zero attached hydrogens (tertiary/aromatic N) is 3. The number of ether oxygens (including phenoxy) is 1. The number of pyridine rings is 2. The van der Waals surface area contributed by atoms with Crippen LogP contribution in [0.2, 0.25) is 0 Å². The number of carbonyl (C=O) groups excluding carboxylic acids is 2. The van der Waals surface area contributed by atoms with Crippen molar-refractivity contribution in [1.82, 2.24) is 19.8 Å². The highest BCUT2D eigenvalue weighted by atomic mass is 16.6. The van der Waals surface area contributed by atoms with E-state index in [4.69, 9.17) is 4.74 Å². The van der Waals surface area contributed by atoms with Gasteiger partial charge < -0.3 is 14.6 Å². The number of H-pyrrole nitrogens is 1. The van der Waals surface area contributed by atoms with Crippen LogP contribution in [0.1, 0.15) is 38.8 Å². The first-order chi connectivity index (χ1) is 13.2. The Labute approximate surface area is 163 Å². The molecule has 1 N–H and O–H groups in total. The van der Waals surface area contributed by atoms with Crippen LogP contribution in [-0.4, -0.2) is 57.0 Å². The van der Waals surface area contributed by atoms with Gasteiger partial charge in [-0.2, -0.15) is 0 Å². The topological polar surface area (TPSA) is 95.6 Å². The number of aryl methyl sites for hydroxylation is 1. The third kappa shape index (κ3) is 4.49. The Bertz CT molecular complexity index is 961. The Hall–Kier alpha value is -2.90. The summed E-state index contributed by atoms with van der Waals surface area (Å²) >= 11 is 0. The number of hydrogen-bond acceptors (Lipinski definition) is 5. The molecule has 2 aromatic heterocycles. The lowest BCUT2D eigenvalue weighted by molar-refractivity contribution is -0.136. The standard InChI is InChI=1S/C20H26N4O4/c1-5-14-9-15-16(22-18(14)26)8-13(10-21-15)11-23-6-7-24(12-17(23)25)19(27)28-20(2,3)4/h8-10H,5-7,11-12H2,1-4H3,(H,22,26). The molecule has 0 atom stereocenters. The van der Waals surface area contributed by atoms with Gasteiger partial charge in [-0.3, -0.25) is 19.5 Å². The van der Waals surface area contributed by atoms with Gasteiger partial charge in [-0.15, -0.1) is 0 Å². The Balaban J connectivity index is 1.68. The zero-order chi connectivity index (χ0) is 20.5. The number of amides is 2. The zero-order valence-electron chi connectivity index (χ0n) is 16.7. The van der Waals surface area contributed by atoms with Gasteiger partial charge in [-0.05, 0) is 44.9 Å². The van der Waals surface area contributed by atoms with Crippen molar-refractivity contribution >= 4 is 23.0 Å². The van der Waals surface area contributed by atoms with Crippen molar-refractivity contribution in [2.24, 2.45) is 0 Å². The van der Waals surface area contributed by atoms with E-state index in [0.717, 1.165) is 11.1 Å². The average Bonchev–Trinajstić information content (AvgIpc) is 2.61. The van der Waals surface area contributed by atoms with Crippen LogP contribution in [0.4, 0.5) is 4.79 Å². The normalized spacial score (nSPS) is 15.2. The van der Waals surface area contributed by atoms with Gasteiger partial charge in [0, 0.05) is 31.4 Å². The predicted octanol–water partition coefficient (Wildman–Crippen LogP) is 2.06. The highest BCUT2D eigenvalue weighted by Crippen LogP contribution is 2.16. The maximum absolute atomic E-state index is 12.5. The summed E-state index contributed by atoms with van der Waals surface area (Å²) in [5.74, 6) is -0.146. The number of piperazine rings is 1. The molecule has 0 unspecified atom stereocenters. The molecule has 0 aromatic carbocycles. The molecule has 1 fully saturated rings. The van der Waals surface area contributed by atoms with Gasteiger partial charge in [0.1, 0.15) is 12.1 Å². The molecule has 150 valence electrons. The van der Waals surface area contributed by atoms with Crippen molar-refractivity contribution in [3.8, 4) is 0 Å². The number of aromatic nitrogens is 2. The third-order valence-electron chi connectivity index (χ3n) is 4.55. The number of nitrogens with one attached hydrogen (secondary N) is 1. The number of fused-ring (bicyclic) bond motifs is 1. The van der Waals surface area contributed by atoms with E-state index >= 15 is 0 Å². The van der Waals surface area contributed by atoms with E-state index < -0.39 is 11.7 Å². The quantitative estimate of drug-likeness (QED) is 0.871. The minimum atomic E-state index is -0.595. The number of carbonyl (C=O) groups is 2. The summed E-state index contributed by atoms with van der Waals surface area (Å²) in [7, 11) is 0. The predicted molar refractivity (Wildman–Crippen MR) is 105 cm³/mol. The Morgan fingerprint density at radius 2 is 2.00 bits per heavy atom. The van der Waals surface area contributed by atoms with E-state index in [9.17, 15) is 14.4 Å². The first-order valence-corrected chi connectivity index (χ1v) is 9.43. The minimum absolute atomic E-state index is 0.00733. The van der Waals surface area contributed by atoms with Crippen molar-refractivity contribution in [2.45, 2.75) is 46.3 Å². The molecule has 2 amide bonds. The highest BCUT2D eigenvalue weighted by molar-refractivity contribution is 5.83. The van der Waals surface area contributed by atoms with Crippen LogP contribution < -0.4 is 5.56 Å². The SMILES string of the molecule is CCc1cc2ncc(CN3CCN(C(=O)OC(C)(C)C)CC3=O)cc2[nH]c1=O. The van der Waals surface area contributed by atoms with Crippen molar-refractivity contribution in [1.29, 1.82) is 0 Å². The fourth-order valence-electron chi connectivity index (χ4n) is 3.09. The van der Waals surface area contributed by atoms with Crippen molar-refractivity contribution in [3.63, 3.8) is 0 Å². The first kappa shape index (κ1) is 19.9. The second-order valence-electron chi connectivity index (χ2n) is 7.97. The monoisotopic (exact) mass is 386 g/mol. The molecule has 28 heavy (non-hydrogen) atoms. The molecule has 0 saturated carbocycles. The summed E-state index contributed by atoms with van der Waals surface area (Å²) in [6.07, 6.45) is 1.89. The lowest BCUT2D eigenvalue weighted by Crippen LogP contribution is -2.52. The lowest BCUT2D eigenvalue weighted by atomic mass is 10.1. The van der Waals surface area contributed by atoms with Gasteiger partial charge in [0.2, 0.25) is 5.91 Å². The van der Waals surface area contributed by atoms with Crippen LogP contribution in [0.25, 0.3) is 11.0 Å². The summed E-state index contributed by atoms with van der Waals surface area (Å²) in [4.78, 5) is 47.0. The molecule has 8 nitrogen and oxygen atoms in total. The fourth-order valence-corrected chi connectivity index (χ4v) is 3.09. The van der Waals surface area contributed by atoms with Crippen LogP contribution in [0.15, 0.2) is 23.1 Å². The molecule has 3 rings (SSSR count). The molecule has 3 heterocycles. The molecule has 1 aliphatic rings. The van der Waals surface area contributed by atoms with E-state index in [2.05, 4.69) is 9.97 Å². The average molecular weight is 386 g/mol. The van der Waals surface area contributed by atoms with Crippen molar-refractivity contribution in [3.05, 3.63) is 39.8 Å². The van der Waals surface area contributed by atoms with E-state index in [1.54, 1.807) is 37.9 Å². The van der Waals surface area contributed by atoms with Crippen molar-refractivity contribution < 1.29 is 14.3 Å². The van der Waals surface area contributed by atoms with Crippen LogP contribution in [0.5, 0.6) is 0 Å². The summed E-state index contributed by atoms with van der Waals surface area (Å²) in [6.45, 7) is 8.51. The second-order valence-corrected chi connectivity index (χ2v) is 7.97. The highest BCUT2D eigenvalue weighted by Gasteiger charge is 2.30. The molecular weight excluding hydrogens is 360 g/mol. The molecule has 1 saturated heterocycles. The molecule has 2 aromatic rings. The zero-order valence-corrected chi connectivity index (χ0v) is 16.7. The number of aromatic amines is 1. The molecule has 1 aliphatic heterocycles. The number of hydrogen-bond donors (Lipinski definition) is 1. The molecule has 0 bridgehead atoms. The van der Waals surface area contributed by atoms with Crippen LogP contribution >= 0.6 is 0 Å². The van der Waals surface area contributed by atoms with Gasteiger partial charge in [0.05, 0.1) is 11.0 Å². The Kier molecular flexibility index (Phi) is 5.40. The summed E-state index contributed by atoms with van der Waals surface area (Å²) in [6, 6.07) is 3.64. The van der Waals surface area contributed by atoms with E-state index in [-0.39, 0.29) is 18.0 Å². The maximum atomic E-state index is 12.5. The maximum Gasteiger partial charge on any atom is 0.410 e. The van der Waals surface area contributed by atoms with Gasteiger partial charge >= 0.3 is 6.09 Å². The summed E-state index contributed by atoms with van der Waals surface area (Å²) in [5.41, 5.74) is 2.19. The molecule has 0 radical (unpaired) electrons.